The minimum atomic E-state index is 0. The molecule has 0 atom stereocenters. The van der Waals surface area contributed by atoms with E-state index < -0.39 is 0 Å². The first-order valence-electron chi connectivity index (χ1n) is 13.0. The maximum absolute atomic E-state index is 12.1. The Morgan fingerprint density at radius 2 is 1.63 bits per heavy atom. The Bertz CT molecular complexity index is 1300. The fraction of sp³-hybridized carbons (Fsp3) is 0.400. The number of likely N-dealkylation sites (tertiary alicyclic amines) is 1. The van der Waals surface area contributed by atoms with Gasteiger partial charge in [-0.2, -0.15) is 0 Å². The quantitative estimate of drug-likeness (QED) is 0.307. The van der Waals surface area contributed by atoms with Gasteiger partial charge >= 0.3 is 0 Å². The molecule has 1 saturated heterocycles. The smallest absolute Gasteiger partial charge is 0.250 e. The normalized spacial score (nSPS) is 13.8. The van der Waals surface area contributed by atoms with Gasteiger partial charge in [-0.3, -0.25) is 9.69 Å². The van der Waals surface area contributed by atoms with Crippen LogP contribution >= 0.6 is 24.8 Å². The molecule has 6 nitrogen and oxygen atoms in total. The fourth-order valence-corrected chi connectivity index (χ4v) is 4.97. The van der Waals surface area contributed by atoms with Crippen LogP contribution in [0.3, 0.4) is 0 Å². The summed E-state index contributed by atoms with van der Waals surface area (Å²) in [6, 6.07) is 20.2. The van der Waals surface area contributed by atoms with E-state index >= 15 is 0 Å². The highest BCUT2D eigenvalue weighted by Gasteiger charge is 2.21. The van der Waals surface area contributed by atoms with Crippen molar-refractivity contribution in [2.45, 2.75) is 45.7 Å². The molecule has 5 rings (SSSR count). The Balaban J connectivity index is 0.000000969. The van der Waals surface area contributed by atoms with Gasteiger partial charge in [0.05, 0.1) is 12.2 Å². The topological polar surface area (TPSA) is 63.3 Å². The Hall–Kier alpha value is -2.64. The van der Waals surface area contributed by atoms with Crippen molar-refractivity contribution in [2.75, 3.05) is 27.2 Å². The molecule has 2 aromatic carbocycles. The lowest BCUT2D eigenvalue weighted by Gasteiger charge is -2.31. The molecular formula is C30H40Cl2N4O2. The van der Waals surface area contributed by atoms with Crippen LogP contribution in [0.15, 0.2) is 76.2 Å². The first kappa shape index (κ1) is 31.6. The Kier molecular flexibility index (Phi) is 13.0. The van der Waals surface area contributed by atoms with E-state index in [-0.39, 0.29) is 30.4 Å². The fourth-order valence-electron chi connectivity index (χ4n) is 4.97. The molecule has 0 saturated carbocycles. The van der Waals surface area contributed by atoms with Gasteiger partial charge in [0.15, 0.2) is 5.58 Å². The van der Waals surface area contributed by atoms with E-state index in [1.54, 1.807) is 16.7 Å². The van der Waals surface area contributed by atoms with Crippen LogP contribution in [0.25, 0.3) is 11.0 Å². The summed E-state index contributed by atoms with van der Waals surface area (Å²) in [5, 5.41) is 8.28. The average molecular weight is 560 g/mol. The number of rotatable bonds is 7. The highest BCUT2D eigenvalue weighted by molar-refractivity contribution is 5.85. The molecule has 0 unspecified atom stereocenters. The molecule has 8 heteroatoms. The molecule has 1 N–H and O–H groups in total. The highest BCUT2D eigenvalue weighted by Crippen LogP contribution is 2.29. The second-order valence-electron chi connectivity index (χ2n) is 9.77. The monoisotopic (exact) mass is 558 g/mol. The van der Waals surface area contributed by atoms with E-state index in [2.05, 4.69) is 64.8 Å². The van der Waals surface area contributed by atoms with E-state index in [0.29, 0.717) is 6.54 Å². The zero-order valence-electron chi connectivity index (χ0n) is 22.6. The minimum Gasteiger partial charge on any atom is -0.356 e. The number of aromatic nitrogens is 2. The van der Waals surface area contributed by atoms with Gasteiger partial charge in [-0.15, -0.1) is 24.8 Å². The Morgan fingerprint density at radius 1 is 0.947 bits per heavy atom. The number of fused-ring (bicyclic) bond motifs is 1. The number of nitrogens with one attached hydrogen (secondary N) is 1. The van der Waals surface area contributed by atoms with Crippen LogP contribution in [0, 0.1) is 12.8 Å². The zero-order chi connectivity index (χ0) is 25.3. The third kappa shape index (κ3) is 8.18. The van der Waals surface area contributed by atoms with Gasteiger partial charge in [-0.1, -0.05) is 47.6 Å². The van der Waals surface area contributed by atoms with E-state index in [0.717, 1.165) is 53.1 Å². The lowest BCUT2D eigenvalue weighted by atomic mass is 9.90. The number of hydrogen-bond acceptors (Lipinski definition) is 5. The number of pyridine rings is 1. The summed E-state index contributed by atoms with van der Waals surface area (Å²) < 4.78 is 7.48. The zero-order valence-corrected chi connectivity index (χ0v) is 24.2. The third-order valence-electron chi connectivity index (χ3n) is 7.06. The lowest BCUT2D eigenvalue weighted by molar-refractivity contribution is 0.172. The van der Waals surface area contributed by atoms with Gasteiger partial charge in [-0.05, 0) is 89.0 Å². The summed E-state index contributed by atoms with van der Waals surface area (Å²) in [7, 11) is 3.75. The van der Waals surface area contributed by atoms with E-state index in [4.69, 9.17) is 4.52 Å². The molecule has 0 spiro atoms. The van der Waals surface area contributed by atoms with Crippen LogP contribution in [-0.4, -0.2) is 41.8 Å². The van der Waals surface area contributed by atoms with Gasteiger partial charge < -0.3 is 14.4 Å². The number of benzene rings is 2. The number of piperidine rings is 1. The summed E-state index contributed by atoms with van der Waals surface area (Å²) in [6.07, 6.45) is 6.42. The van der Waals surface area contributed by atoms with Crippen molar-refractivity contribution in [2.24, 2.45) is 5.92 Å². The third-order valence-corrected chi connectivity index (χ3v) is 7.06. The summed E-state index contributed by atoms with van der Waals surface area (Å²) in [5.41, 5.74) is 5.47. The predicted molar refractivity (Wildman–Crippen MR) is 161 cm³/mol. The standard InChI is InChI=1S/C28H31N3O2.C2H7N.2ClH/c1-21-24(20-31-16-6-5-9-27(31)32)11-12-25-26(29-33-28(21)25)13-10-22-14-17-30(18-15-22)19-23-7-3-2-4-8-23;1-3-2;;/h2-9,11-12,16,22H,10,13-15,17-20H2,1H3;3H,1-2H3;2*1H. The Labute approximate surface area is 238 Å². The summed E-state index contributed by atoms with van der Waals surface area (Å²) >= 11 is 0. The van der Waals surface area contributed by atoms with Crippen molar-refractivity contribution in [3.8, 4) is 0 Å². The second kappa shape index (κ2) is 15.7. The molecule has 0 aliphatic carbocycles. The maximum Gasteiger partial charge on any atom is 0.250 e. The molecule has 3 heterocycles. The van der Waals surface area contributed by atoms with E-state index in [1.807, 2.05) is 26.4 Å². The molecule has 1 aliphatic rings. The average Bonchev–Trinajstić information content (AvgIpc) is 3.31. The summed E-state index contributed by atoms with van der Waals surface area (Å²) in [4.78, 5) is 14.6. The molecule has 1 fully saturated rings. The molecule has 2 aromatic heterocycles. The van der Waals surface area contributed by atoms with Crippen LogP contribution in [-0.2, 0) is 19.5 Å². The van der Waals surface area contributed by atoms with Crippen molar-refractivity contribution in [3.63, 3.8) is 0 Å². The molecule has 1 aliphatic heterocycles. The number of halogens is 2. The molecule has 0 bridgehead atoms. The van der Waals surface area contributed by atoms with Crippen LogP contribution in [0.4, 0.5) is 0 Å². The van der Waals surface area contributed by atoms with Gasteiger partial charge in [0.25, 0.3) is 5.56 Å². The molecule has 206 valence electrons. The molecular weight excluding hydrogens is 519 g/mol. The largest absolute Gasteiger partial charge is 0.356 e. The highest BCUT2D eigenvalue weighted by atomic mass is 35.5. The SMILES string of the molecule is CNC.Cc1c(Cn2ccccc2=O)ccc2c(CCC3CCN(Cc4ccccc4)CC3)noc12.Cl.Cl. The second-order valence-corrected chi connectivity index (χ2v) is 9.77. The molecule has 4 aromatic rings. The minimum absolute atomic E-state index is 0. The predicted octanol–water partition coefficient (Wildman–Crippen LogP) is 5.87. The van der Waals surface area contributed by atoms with Crippen LogP contribution in [0.2, 0.25) is 0 Å². The molecule has 38 heavy (non-hydrogen) atoms. The van der Waals surface area contributed by atoms with Gasteiger partial charge in [0, 0.05) is 29.8 Å². The summed E-state index contributed by atoms with van der Waals surface area (Å²) in [5.74, 6) is 0.745. The molecule has 0 radical (unpaired) electrons. The van der Waals surface area contributed by atoms with Gasteiger partial charge in [0.2, 0.25) is 0 Å². The van der Waals surface area contributed by atoms with Crippen molar-refractivity contribution < 1.29 is 4.52 Å². The van der Waals surface area contributed by atoms with E-state index in [9.17, 15) is 4.79 Å². The lowest BCUT2D eigenvalue weighted by Crippen LogP contribution is -2.33. The van der Waals surface area contributed by atoms with E-state index in [1.165, 1.54) is 31.5 Å². The number of nitrogens with zero attached hydrogens (tertiary/aromatic N) is 3. The van der Waals surface area contributed by atoms with Crippen LogP contribution < -0.4 is 10.9 Å². The van der Waals surface area contributed by atoms with Gasteiger partial charge in [-0.25, -0.2) is 0 Å². The van der Waals surface area contributed by atoms with Crippen molar-refractivity contribution in [3.05, 3.63) is 99.6 Å². The maximum atomic E-state index is 12.1. The molecule has 0 amide bonds. The van der Waals surface area contributed by atoms with Crippen molar-refractivity contribution >= 4 is 35.8 Å². The Morgan fingerprint density at radius 3 is 2.32 bits per heavy atom. The summed E-state index contributed by atoms with van der Waals surface area (Å²) in [6.45, 7) is 5.99. The van der Waals surface area contributed by atoms with Crippen molar-refractivity contribution in [1.82, 2.24) is 19.9 Å². The van der Waals surface area contributed by atoms with Crippen molar-refractivity contribution in [1.29, 1.82) is 0 Å². The van der Waals surface area contributed by atoms with Crippen LogP contribution in [0.1, 0.15) is 41.6 Å². The number of aryl methyl sites for hydroxylation is 2. The number of hydrogen-bond donors (Lipinski definition) is 1. The first-order chi connectivity index (χ1) is 17.6. The van der Waals surface area contributed by atoms with Crippen LogP contribution in [0.5, 0.6) is 0 Å². The van der Waals surface area contributed by atoms with Gasteiger partial charge in [0.1, 0.15) is 0 Å². The first-order valence-corrected chi connectivity index (χ1v) is 13.0.